The fourth-order valence-corrected chi connectivity index (χ4v) is 2.94. The van der Waals surface area contributed by atoms with Crippen molar-refractivity contribution < 1.29 is 9.53 Å². The number of amides is 1. The highest BCUT2D eigenvalue weighted by Gasteiger charge is 2.27. The molecule has 4 heteroatoms. The van der Waals surface area contributed by atoms with E-state index in [0.717, 1.165) is 30.6 Å². The van der Waals surface area contributed by atoms with Gasteiger partial charge in [0.2, 0.25) is 5.91 Å². The maximum absolute atomic E-state index is 12.2. The molecule has 0 bridgehead atoms. The van der Waals surface area contributed by atoms with Gasteiger partial charge >= 0.3 is 0 Å². The zero-order valence-corrected chi connectivity index (χ0v) is 13.0. The lowest BCUT2D eigenvalue weighted by Gasteiger charge is -2.36. The fourth-order valence-electron chi connectivity index (χ4n) is 2.94. The van der Waals surface area contributed by atoms with Gasteiger partial charge in [0.05, 0.1) is 13.0 Å². The first kappa shape index (κ1) is 15.8. The first-order chi connectivity index (χ1) is 10.1. The van der Waals surface area contributed by atoms with E-state index in [1.54, 1.807) is 0 Å². The zero-order valence-electron chi connectivity index (χ0n) is 13.0. The van der Waals surface area contributed by atoms with E-state index >= 15 is 0 Å². The molecule has 0 heterocycles. The summed E-state index contributed by atoms with van der Waals surface area (Å²) in [6.07, 6.45) is 4.77. The van der Waals surface area contributed by atoms with Crippen molar-refractivity contribution in [2.45, 2.75) is 51.1 Å². The molecule has 1 aliphatic carbocycles. The lowest BCUT2D eigenvalue weighted by atomic mass is 9.90. The number of benzene rings is 1. The predicted molar refractivity (Wildman–Crippen MR) is 84.3 cm³/mol. The number of ether oxygens (including phenoxy) is 1. The molecule has 0 radical (unpaired) electrons. The quantitative estimate of drug-likeness (QED) is 0.906. The maximum Gasteiger partial charge on any atom is 0.226 e. The molecule has 116 valence electrons. The van der Waals surface area contributed by atoms with Crippen molar-refractivity contribution in [3.63, 3.8) is 0 Å². The van der Waals surface area contributed by atoms with Gasteiger partial charge in [0.15, 0.2) is 0 Å². The molecule has 0 aromatic heterocycles. The summed E-state index contributed by atoms with van der Waals surface area (Å²) in [7, 11) is 1.87. The van der Waals surface area contributed by atoms with Crippen molar-refractivity contribution >= 4 is 5.91 Å². The monoisotopic (exact) mass is 290 g/mol. The molecule has 4 nitrogen and oxygen atoms in total. The largest absolute Gasteiger partial charge is 0.493 e. The van der Waals surface area contributed by atoms with Crippen molar-refractivity contribution in [2.75, 3.05) is 13.7 Å². The Morgan fingerprint density at radius 1 is 1.38 bits per heavy atom. The van der Waals surface area contributed by atoms with Gasteiger partial charge in [-0.05, 0) is 37.5 Å². The Morgan fingerprint density at radius 3 is 2.86 bits per heavy atom. The lowest BCUT2D eigenvalue weighted by molar-refractivity contribution is -0.133. The van der Waals surface area contributed by atoms with Gasteiger partial charge in [-0.15, -0.1) is 0 Å². The van der Waals surface area contributed by atoms with E-state index in [2.05, 4.69) is 0 Å². The fraction of sp³-hybridized carbons (Fsp3) is 0.588. The highest BCUT2D eigenvalue weighted by molar-refractivity contribution is 5.76. The number of carbonyl (C=O) groups is 1. The molecule has 0 aliphatic heterocycles. The second-order valence-electron chi connectivity index (χ2n) is 5.94. The summed E-state index contributed by atoms with van der Waals surface area (Å²) in [5, 5.41) is 0. The van der Waals surface area contributed by atoms with Crippen molar-refractivity contribution in [3.05, 3.63) is 29.8 Å². The standard InChI is InChI=1S/C17H26N2O2/c1-13-6-5-7-14(12-13)21-11-10-17(20)19(2)16-9-4-3-8-15(16)18/h5-7,12,15-16H,3-4,8-11,18H2,1-2H3. The highest BCUT2D eigenvalue weighted by atomic mass is 16.5. The Hall–Kier alpha value is -1.55. The van der Waals surface area contributed by atoms with Crippen LogP contribution in [0.15, 0.2) is 24.3 Å². The highest BCUT2D eigenvalue weighted by Crippen LogP contribution is 2.21. The van der Waals surface area contributed by atoms with Gasteiger partial charge in [0, 0.05) is 19.1 Å². The van der Waals surface area contributed by atoms with Crippen LogP contribution >= 0.6 is 0 Å². The molecule has 1 aliphatic rings. The zero-order chi connectivity index (χ0) is 15.2. The number of rotatable bonds is 5. The van der Waals surface area contributed by atoms with E-state index in [4.69, 9.17) is 10.5 Å². The Labute approximate surface area is 127 Å². The number of hydrogen-bond donors (Lipinski definition) is 1. The van der Waals surface area contributed by atoms with Crippen molar-refractivity contribution in [1.29, 1.82) is 0 Å². The Morgan fingerprint density at radius 2 is 2.14 bits per heavy atom. The number of nitrogens with zero attached hydrogens (tertiary/aromatic N) is 1. The third-order valence-electron chi connectivity index (χ3n) is 4.25. The Kier molecular flexibility index (Phi) is 5.62. The number of nitrogens with two attached hydrogens (primary N) is 1. The van der Waals surface area contributed by atoms with Crippen LogP contribution in [0.3, 0.4) is 0 Å². The van der Waals surface area contributed by atoms with Crippen LogP contribution in [0.25, 0.3) is 0 Å². The molecule has 0 spiro atoms. The van der Waals surface area contributed by atoms with Crippen LogP contribution < -0.4 is 10.5 Å². The van der Waals surface area contributed by atoms with Crippen molar-refractivity contribution in [1.82, 2.24) is 4.90 Å². The van der Waals surface area contributed by atoms with E-state index in [1.807, 2.05) is 43.1 Å². The van der Waals surface area contributed by atoms with Gasteiger partial charge in [0.25, 0.3) is 0 Å². The van der Waals surface area contributed by atoms with Crippen LogP contribution in [0, 0.1) is 6.92 Å². The van der Waals surface area contributed by atoms with E-state index in [1.165, 1.54) is 6.42 Å². The molecule has 1 fully saturated rings. The predicted octanol–water partition coefficient (Wildman–Crippen LogP) is 2.49. The second kappa shape index (κ2) is 7.46. The molecule has 2 rings (SSSR count). The molecule has 21 heavy (non-hydrogen) atoms. The minimum Gasteiger partial charge on any atom is -0.493 e. The van der Waals surface area contributed by atoms with Gasteiger partial charge < -0.3 is 15.4 Å². The molecule has 2 N–H and O–H groups in total. The van der Waals surface area contributed by atoms with Gasteiger partial charge in [-0.3, -0.25) is 4.79 Å². The molecule has 0 saturated heterocycles. The first-order valence-electron chi connectivity index (χ1n) is 7.78. The van der Waals surface area contributed by atoms with Gasteiger partial charge in [0.1, 0.15) is 5.75 Å². The van der Waals surface area contributed by atoms with Gasteiger partial charge in [-0.1, -0.05) is 25.0 Å². The van der Waals surface area contributed by atoms with E-state index < -0.39 is 0 Å². The average Bonchev–Trinajstić information content (AvgIpc) is 2.47. The topological polar surface area (TPSA) is 55.6 Å². The van der Waals surface area contributed by atoms with Crippen LogP contribution in [-0.2, 0) is 4.79 Å². The molecule has 2 atom stereocenters. The molecule has 2 unspecified atom stereocenters. The Balaban J connectivity index is 1.78. The molecule has 1 aromatic rings. The molecule has 1 saturated carbocycles. The van der Waals surface area contributed by atoms with Crippen molar-refractivity contribution in [3.8, 4) is 5.75 Å². The van der Waals surface area contributed by atoms with Gasteiger partial charge in [-0.2, -0.15) is 0 Å². The van der Waals surface area contributed by atoms with Crippen LogP contribution in [0.4, 0.5) is 0 Å². The summed E-state index contributed by atoms with van der Waals surface area (Å²) in [5.41, 5.74) is 7.29. The van der Waals surface area contributed by atoms with E-state index in [-0.39, 0.29) is 18.0 Å². The minimum absolute atomic E-state index is 0.116. The van der Waals surface area contributed by atoms with Gasteiger partial charge in [-0.25, -0.2) is 0 Å². The molecule has 1 aromatic carbocycles. The molecule has 1 amide bonds. The molecular weight excluding hydrogens is 264 g/mol. The second-order valence-corrected chi connectivity index (χ2v) is 5.94. The maximum atomic E-state index is 12.2. The number of carbonyl (C=O) groups excluding carboxylic acids is 1. The Bertz CT molecular complexity index is 476. The summed E-state index contributed by atoms with van der Waals surface area (Å²) >= 11 is 0. The summed E-state index contributed by atoms with van der Waals surface area (Å²) in [6.45, 7) is 2.44. The molecular formula is C17H26N2O2. The minimum atomic E-state index is 0.116. The van der Waals surface area contributed by atoms with Crippen LogP contribution in [0.2, 0.25) is 0 Å². The van der Waals surface area contributed by atoms with E-state index in [0.29, 0.717) is 13.0 Å². The average molecular weight is 290 g/mol. The smallest absolute Gasteiger partial charge is 0.226 e. The lowest BCUT2D eigenvalue weighted by Crippen LogP contribution is -2.50. The van der Waals surface area contributed by atoms with Crippen molar-refractivity contribution in [2.24, 2.45) is 5.73 Å². The summed E-state index contributed by atoms with van der Waals surface area (Å²) in [4.78, 5) is 14.1. The van der Waals surface area contributed by atoms with Crippen LogP contribution in [0.1, 0.15) is 37.7 Å². The normalized spacial score (nSPS) is 21.9. The number of likely N-dealkylation sites (N-methyl/N-ethyl adjacent to an activating group) is 1. The third-order valence-corrected chi connectivity index (χ3v) is 4.25. The SMILES string of the molecule is Cc1cccc(OCCC(=O)N(C)C2CCCCC2N)c1. The van der Waals surface area contributed by atoms with E-state index in [9.17, 15) is 4.79 Å². The number of aryl methyl sites for hydroxylation is 1. The van der Waals surface area contributed by atoms with Crippen LogP contribution in [0.5, 0.6) is 5.75 Å². The third kappa shape index (κ3) is 4.46. The summed E-state index contributed by atoms with van der Waals surface area (Å²) in [6, 6.07) is 8.18. The number of hydrogen-bond acceptors (Lipinski definition) is 3. The van der Waals surface area contributed by atoms with Crippen LogP contribution in [-0.4, -0.2) is 36.5 Å². The summed E-state index contributed by atoms with van der Waals surface area (Å²) in [5.74, 6) is 0.935. The first-order valence-corrected chi connectivity index (χ1v) is 7.78. The summed E-state index contributed by atoms with van der Waals surface area (Å²) < 4.78 is 5.64.